The number of carbonyl (C=O) groups excluding carboxylic acids is 1. The summed E-state index contributed by atoms with van der Waals surface area (Å²) in [5, 5.41) is 0. The van der Waals surface area contributed by atoms with E-state index in [4.69, 9.17) is 0 Å². The first-order chi connectivity index (χ1) is 8.15. The number of hydrogen-bond acceptors (Lipinski definition) is 1. The van der Waals surface area contributed by atoms with Crippen molar-refractivity contribution in [3.05, 3.63) is 66.8 Å². The Morgan fingerprint density at radius 3 is 1.82 bits per heavy atom. The second-order valence-electron chi connectivity index (χ2n) is 3.95. The summed E-state index contributed by atoms with van der Waals surface area (Å²) in [6, 6.07) is 16.7. The van der Waals surface area contributed by atoms with Gasteiger partial charge in [-0.2, -0.15) is 0 Å². The minimum absolute atomic E-state index is 0.128. The Bertz CT molecular complexity index is 512. The molecule has 0 saturated carbocycles. The summed E-state index contributed by atoms with van der Waals surface area (Å²) in [6.07, 6.45) is 0. The molecule has 0 amide bonds. The van der Waals surface area contributed by atoms with Crippen LogP contribution >= 0.6 is 0 Å². The third-order valence-corrected chi connectivity index (χ3v) is 5.16. The Kier molecular flexibility index (Phi) is 3.94. The van der Waals surface area contributed by atoms with Gasteiger partial charge in [0.05, 0.1) is 0 Å². The van der Waals surface area contributed by atoms with Crippen LogP contribution in [0.3, 0.4) is 0 Å². The quantitative estimate of drug-likeness (QED) is 0.583. The Labute approximate surface area is 112 Å². The van der Waals surface area contributed by atoms with Crippen molar-refractivity contribution in [2.75, 3.05) is 0 Å². The first kappa shape index (κ1) is 12.3. The molecule has 0 spiro atoms. The van der Waals surface area contributed by atoms with Crippen LogP contribution in [0.5, 0.6) is 0 Å². The molecule has 0 radical (unpaired) electrons. The summed E-state index contributed by atoms with van der Waals surface area (Å²) in [4.78, 5) is 11.2. The van der Waals surface area contributed by atoms with E-state index in [1.807, 2.05) is 12.1 Å². The summed E-state index contributed by atoms with van der Waals surface area (Å²) in [7, 11) is 0. The maximum Gasteiger partial charge on any atom is 0.357 e. The van der Waals surface area contributed by atoms with Gasteiger partial charge in [-0.05, 0) is 50.2 Å². The van der Waals surface area contributed by atoms with Crippen molar-refractivity contribution in [2.24, 2.45) is 0 Å². The molecule has 86 valence electrons. The maximum absolute atomic E-state index is 11.2. The molecule has 2 heteroatoms. The average molecular weight is 337 g/mol. The van der Waals surface area contributed by atoms with Crippen molar-refractivity contribution in [3.8, 4) is 0 Å². The van der Waals surface area contributed by atoms with Crippen molar-refractivity contribution >= 4 is 5.78 Å². The molecule has 2 rings (SSSR count). The molecular formula is C15H14IO+. The average Bonchev–Trinajstić information content (AvgIpc) is 2.33. The fraction of sp³-hybridized carbons (Fsp3) is 0.133. The molecule has 0 aliphatic heterocycles. The van der Waals surface area contributed by atoms with Crippen LogP contribution in [0.15, 0.2) is 48.5 Å². The van der Waals surface area contributed by atoms with Crippen LogP contribution in [0.25, 0.3) is 0 Å². The number of aryl methyl sites for hydroxylation is 1. The molecule has 2 aromatic rings. The molecule has 0 saturated heterocycles. The summed E-state index contributed by atoms with van der Waals surface area (Å²) in [6.45, 7) is 3.70. The topological polar surface area (TPSA) is 17.1 Å². The fourth-order valence-corrected chi connectivity index (χ4v) is 3.63. The van der Waals surface area contributed by atoms with Gasteiger partial charge in [-0.3, -0.25) is 4.79 Å². The van der Waals surface area contributed by atoms with Gasteiger partial charge in [-0.15, -0.1) is 0 Å². The molecule has 17 heavy (non-hydrogen) atoms. The van der Waals surface area contributed by atoms with Gasteiger partial charge in [0.15, 0.2) is 12.9 Å². The number of carbonyl (C=O) groups is 1. The summed E-state index contributed by atoms with van der Waals surface area (Å²) in [5.74, 6) is 0.130. The predicted molar refractivity (Wildman–Crippen MR) is 65.0 cm³/mol. The molecule has 0 heterocycles. The number of rotatable bonds is 3. The van der Waals surface area contributed by atoms with Crippen LogP contribution in [0.2, 0.25) is 0 Å². The van der Waals surface area contributed by atoms with Crippen LogP contribution in [-0.4, -0.2) is 5.78 Å². The van der Waals surface area contributed by atoms with E-state index in [0.29, 0.717) is 0 Å². The summed E-state index contributed by atoms with van der Waals surface area (Å²) < 4.78 is 2.75. The highest BCUT2D eigenvalue weighted by molar-refractivity contribution is 5.93. The Hall–Kier alpha value is -1.16. The monoisotopic (exact) mass is 337 g/mol. The Morgan fingerprint density at radius 1 is 0.882 bits per heavy atom. The van der Waals surface area contributed by atoms with E-state index >= 15 is 0 Å². The lowest BCUT2D eigenvalue weighted by molar-refractivity contribution is -0.597. The van der Waals surface area contributed by atoms with Gasteiger partial charge in [-0.1, -0.05) is 17.7 Å². The number of ketones is 1. The summed E-state index contributed by atoms with van der Waals surface area (Å²) in [5.41, 5.74) is 2.09. The highest BCUT2D eigenvalue weighted by atomic mass is 127. The van der Waals surface area contributed by atoms with E-state index in [-0.39, 0.29) is 27.0 Å². The molecule has 0 aromatic heterocycles. The van der Waals surface area contributed by atoms with Crippen LogP contribution in [-0.2, 0) is 0 Å². The fourth-order valence-electron chi connectivity index (χ4n) is 1.47. The minimum atomic E-state index is -0.128. The van der Waals surface area contributed by atoms with Crippen molar-refractivity contribution < 1.29 is 26.0 Å². The van der Waals surface area contributed by atoms with Gasteiger partial charge in [-0.25, -0.2) is 0 Å². The molecule has 1 nitrogen and oxygen atoms in total. The molecule has 0 aliphatic rings. The van der Waals surface area contributed by atoms with E-state index in [9.17, 15) is 4.79 Å². The third-order valence-electron chi connectivity index (χ3n) is 2.48. The predicted octanol–water partition coefficient (Wildman–Crippen LogP) is 0.326. The SMILES string of the molecule is CC(=O)c1ccc([I+]c2ccc(C)cc2)cc1. The van der Waals surface area contributed by atoms with Crippen LogP contribution < -0.4 is 21.2 Å². The molecular weight excluding hydrogens is 323 g/mol. The normalized spacial score (nSPS) is 10.2. The lowest BCUT2D eigenvalue weighted by Gasteiger charge is -1.93. The van der Waals surface area contributed by atoms with Crippen molar-refractivity contribution in [2.45, 2.75) is 13.8 Å². The van der Waals surface area contributed by atoms with Crippen LogP contribution in [0.4, 0.5) is 0 Å². The van der Waals surface area contributed by atoms with E-state index < -0.39 is 0 Å². The van der Waals surface area contributed by atoms with Crippen LogP contribution in [0.1, 0.15) is 22.8 Å². The van der Waals surface area contributed by atoms with Crippen molar-refractivity contribution in [3.63, 3.8) is 0 Å². The standard InChI is InChI=1S/C15H14IO/c1-11-3-7-14(8-4-11)16-15-9-5-13(6-10-15)12(2)17/h3-10H,1-2H3/q+1. The zero-order valence-electron chi connectivity index (χ0n) is 9.91. The highest BCUT2D eigenvalue weighted by Crippen LogP contribution is 1.99. The molecule has 0 aliphatic carbocycles. The van der Waals surface area contributed by atoms with Gasteiger partial charge in [0.2, 0.25) is 0 Å². The first-order valence-corrected chi connectivity index (χ1v) is 7.63. The first-order valence-electron chi connectivity index (χ1n) is 5.47. The molecule has 0 N–H and O–H groups in total. The van der Waals surface area contributed by atoms with Crippen LogP contribution in [0, 0.1) is 14.1 Å². The Morgan fingerprint density at radius 2 is 1.35 bits per heavy atom. The number of Topliss-reactive ketones (excluding diaryl/α,β-unsaturated/α-hetero) is 1. The Balaban J connectivity index is 2.13. The molecule has 2 aromatic carbocycles. The van der Waals surface area contributed by atoms with E-state index in [1.165, 1.54) is 12.7 Å². The van der Waals surface area contributed by atoms with Gasteiger partial charge in [0.1, 0.15) is 0 Å². The van der Waals surface area contributed by atoms with Gasteiger partial charge >= 0.3 is 21.2 Å². The molecule has 0 atom stereocenters. The zero-order chi connectivity index (χ0) is 12.3. The second kappa shape index (κ2) is 5.45. The molecule has 0 bridgehead atoms. The van der Waals surface area contributed by atoms with Crippen molar-refractivity contribution in [1.29, 1.82) is 0 Å². The number of hydrogen-bond donors (Lipinski definition) is 0. The number of halogens is 1. The second-order valence-corrected chi connectivity index (χ2v) is 6.98. The highest BCUT2D eigenvalue weighted by Gasteiger charge is 2.15. The van der Waals surface area contributed by atoms with Gasteiger partial charge in [0, 0.05) is 5.56 Å². The lowest BCUT2D eigenvalue weighted by Crippen LogP contribution is -3.61. The van der Waals surface area contributed by atoms with E-state index in [1.54, 1.807) is 6.92 Å². The largest absolute Gasteiger partial charge is 0.357 e. The van der Waals surface area contributed by atoms with Crippen molar-refractivity contribution in [1.82, 2.24) is 0 Å². The lowest BCUT2D eigenvalue weighted by atomic mass is 10.2. The maximum atomic E-state index is 11.2. The minimum Gasteiger partial charge on any atom is -0.295 e. The number of benzene rings is 2. The summed E-state index contributed by atoms with van der Waals surface area (Å²) >= 11 is -0.128. The third kappa shape index (κ3) is 3.40. The molecule has 0 fully saturated rings. The van der Waals surface area contributed by atoms with Gasteiger partial charge < -0.3 is 0 Å². The smallest absolute Gasteiger partial charge is 0.295 e. The zero-order valence-corrected chi connectivity index (χ0v) is 12.1. The molecule has 0 unspecified atom stereocenters. The van der Waals surface area contributed by atoms with E-state index in [0.717, 1.165) is 5.56 Å². The van der Waals surface area contributed by atoms with Gasteiger partial charge in [0.25, 0.3) is 0 Å². The van der Waals surface area contributed by atoms with E-state index in [2.05, 4.69) is 43.3 Å².